The summed E-state index contributed by atoms with van der Waals surface area (Å²) >= 11 is 0. The van der Waals surface area contributed by atoms with Gasteiger partial charge in [-0.1, -0.05) is 112 Å². The zero-order valence-electron chi connectivity index (χ0n) is 58.4. The van der Waals surface area contributed by atoms with Crippen LogP contribution in [0.4, 0.5) is 5.69 Å². The number of aliphatic hydroxyl groups is 1. The number of aromatic nitrogens is 7. The van der Waals surface area contributed by atoms with Crippen molar-refractivity contribution in [2.45, 2.75) is 94.3 Å². The first-order chi connectivity index (χ1) is 48.5. The van der Waals surface area contributed by atoms with Gasteiger partial charge >= 0.3 is 15.2 Å². The molecule has 3 atom stereocenters. The smallest absolute Gasteiger partial charge is 0.369 e. The molecule has 5 aromatic carbocycles. The minimum Gasteiger partial charge on any atom is -0.493 e. The number of carbonyl (C=O) groups excluding carboxylic acids is 2. The predicted molar refractivity (Wildman–Crippen MR) is 395 cm³/mol. The largest absolute Gasteiger partial charge is 0.493 e. The number of likely N-dealkylation sites (N-methyl/N-ethyl adjacent to an activating group) is 2. The molecule has 3 aliphatic rings. The van der Waals surface area contributed by atoms with Gasteiger partial charge in [-0.05, 0) is 141 Å². The maximum atomic E-state index is 13.3. The van der Waals surface area contributed by atoms with Crippen molar-refractivity contribution < 1.29 is 60.8 Å². The highest BCUT2D eigenvalue weighted by Gasteiger charge is 2.59. The Kier molecular flexibility index (Phi) is 28.0. The predicted octanol–water partition coefficient (Wildman–Crippen LogP) is 7.63. The van der Waals surface area contributed by atoms with Crippen LogP contribution in [0.1, 0.15) is 102 Å². The van der Waals surface area contributed by atoms with Crippen LogP contribution in [0.5, 0.6) is 5.75 Å². The van der Waals surface area contributed by atoms with Crippen LogP contribution in [0.3, 0.4) is 0 Å². The SMILES string of the molecule is CCCc1nn(C)c2c(=O)[nH]c(-c3cc(S(=O)(=O)N4CCN(C)CC4)ccc3OCC)nc12.CCN(CC)CC(=O)Nc1c(C)cccc1C.NC(=O)CS(=O)C(c1ccccc1)c1ccccc1.O=P(O)(O)C(O)(Cc1ccccn1)P(=O)(O)O.c1cnc2cc3c(cc2n1)C1CNCC3C1. The average molecular weight is 1480 g/mol. The zero-order valence-corrected chi connectivity index (χ0v) is 61.8. The molecule has 10 N–H and O–H groups in total. The van der Waals surface area contributed by atoms with Gasteiger partial charge < -0.3 is 55.7 Å². The lowest BCUT2D eigenvalue weighted by Gasteiger charge is -2.31. The second kappa shape index (κ2) is 35.9. The van der Waals surface area contributed by atoms with Crippen molar-refractivity contribution in [2.24, 2.45) is 12.8 Å². The molecule has 12 rings (SSSR count). The second-order valence-corrected chi connectivity index (χ2v) is 32.3. The number of piperidine rings is 1. The number of pyridine rings is 1. The summed E-state index contributed by atoms with van der Waals surface area (Å²) in [6.45, 7) is 19.1. The highest BCUT2D eigenvalue weighted by molar-refractivity contribution is 7.89. The van der Waals surface area contributed by atoms with Crippen LogP contribution < -0.4 is 26.7 Å². The monoisotopic (exact) mass is 1480 g/mol. The van der Waals surface area contributed by atoms with E-state index in [4.69, 9.17) is 35.0 Å². The number of sulfonamides is 1. The number of anilines is 1. The molecule has 2 fully saturated rings. The number of nitrogens with zero attached hydrogens (tertiary/aromatic N) is 9. The lowest BCUT2D eigenvalue weighted by atomic mass is 9.98. The summed E-state index contributed by atoms with van der Waals surface area (Å²) in [5.41, 5.74) is 17.0. The molecule has 9 aromatic rings. The summed E-state index contributed by atoms with van der Waals surface area (Å²) in [6, 6.07) is 38.5. The van der Waals surface area contributed by atoms with Gasteiger partial charge in [-0.3, -0.25) is 52.3 Å². The summed E-state index contributed by atoms with van der Waals surface area (Å²) in [7, 11) is -12.2. The number of fused-ring (bicyclic) bond motifs is 7. The molecule has 3 unspecified atom stereocenters. The molecular formula is C71H91N13O14P2S2. The van der Waals surface area contributed by atoms with Gasteiger partial charge in [0, 0.05) is 93.5 Å². The van der Waals surface area contributed by atoms with Gasteiger partial charge in [0.25, 0.3) is 10.6 Å². The third-order valence-corrected chi connectivity index (χ3v) is 24.9. The number of nitrogens with two attached hydrogens (primary N) is 1. The number of ether oxygens (including phenoxy) is 1. The molecule has 2 bridgehead atoms. The van der Waals surface area contributed by atoms with Gasteiger partial charge in [0.05, 0.1) is 45.6 Å². The molecule has 0 radical (unpaired) electrons. The number of primary amides is 1. The summed E-state index contributed by atoms with van der Waals surface area (Å²) in [4.78, 5) is 95.6. The Bertz CT molecular complexity index is 4500. The molecule has 31 heteroatoms. The number of para-hydroxylation sites is 1. The molecule has 27 nitrogen and oxygen atoms in total. The Morgan fingerprint density at radius 2 is 1.34 bits per heavy atom. The fourth-order valence-electron chi connectivity index (χ4n) is 12.2. The number of rotatable bonds is 21. The van der Waals surface area contributed by atoms with E-state index in [1.54, 1.807) is 37.6 Å². The molecule has 6 heterocycles. The van der Waals surface area contributed by atoms with Crippen molar-refractivity contribution in [3.8, 4) is 17.1 Å². The van der Waals surface area contributed by atoms with E-state index in [0.717, 1.165) is 77.3 Å². The van der Waals surface area contributed by atoms with E-state index < -0.39 is 53.4 Å². The van der Waals surface area contributed by atoms with Crippen LogP contribution >= 0.6 is 15.2 Å². The van der Waals surface area contributed by atoms with Crippen molar-refractivity contribution >= 4 is 75.6 Å². The summed E-state index contributed by atoms with van der Waals surface area (Å²) < 4.78 is 69.9. The second-order valence-electron chi connectivity index (χ2n) is 24.9. The average Bonchev–Trinajstić information content (AvgIpc) is 1.45. The Morgan fingerprint density at radius 1 is 0.775 bits per heavy atom. The molecular weight excluding hydrogens is 1380 g/mol. The van der Waals surface area contributed by atoms with E-state index >= 15 is 0 Å². The van der Waals surface area contributed by atoms with Crippen LogP contribution in [-0.2, 0) is 59.4 Å². The molecule has 2 saturated heterocycles. The fraction of sp³-hybridized carbons (Fsp3) is 0.380. The van der Waals surface area contributed by atoms with Gasteiger partial charge in [-0.25, -0.2) is 13.4 Å². The number of piperazine rings is 1. The minimum absolute atomic E-state index is 0.0401. The van der Waals surface area contributed by atoms with Crippen LogP contribution in [0.2, 0.25) is 0 Å². The van der Waals surface area contributed by atoms with Crippen LogP contribution in [0, 0.1) is 13.8 Å². The number of aryl methyl sites for hydroxylation is 4. The number of carbonyl (C=O) groups is 2. The van der Waals surface area contributed by atoms with Gasteiger partial charge in [0.1, 0.15) is 22.8 Å². The van der Waals surface area contributed by atoms with Crippen LogP contribution in [0.15, 0.2) is 156 Å². The molecule has 1 aliphatic carbocycles. The molecule has 0 spiro atoms. The van der Waals surface area contributed by atoms with Crippen molar-refractivity contribution in [1.82, 2.24) is 54.1 Å². The van der Waals surface area contributed by atoms with E-state index in [-0.39, 0.29) is 38.9 Å². The lowest BCUT2D eigenvalue weighted by molar-refractivity contribution is -0.117. The summed E-state index contributed by atoms with van der Waals surface area (Å²) in [5.74, 6) is 1.49. The molecule has 546 valence electrons. The molecule has 2 aliphatic heterocycles. The van der Waals surface area contributed by atoms with E-state index in [1.807, 2.05) is 114 Å². The first-order valence-corrected chi connectivity index (χ1v) is 39.5. The number of aromatic amines is 1. The first kappa shape index (κ1) is 79.6. The molecule has 4 aromatic heterocycles. The normalized spacial score (nSPS) is 15.7. The summed E-state index contributed by atoms with van der Waals surface area (Å²) in [5, 5.41) is 16.8. The fourth-order valence-corrected chi connectivity index (χ4v) is 17.1. The van der Waals surface area contributed by atoms with Crippen molar-refractivity contribution in [2.75, 3.05) is 83.6 Å². The quantitative estimate of drug-likeness (QED) is 0.0312. The zero-order chi connectivity index (χ0) is 74.1. The number of nitrogens with one attached hydrogen (secondary N) is 3. The molecule has 2 amide bonds. The standard InChI is InChI=1S/C22H30N6O4S.C15H15NO2S.C14H22N2O.C13H13N3.C7H11NO7P2/c1-5-7-17-19-20(27(4)25-17)22(29)24-21(23-19)16-14-15(8-9-18(16)32-6-2)33(30,31)28-12-10-26(3)11-13-28;16-14(17)11-19(18)15(12-7-3-1-4-8-12)13-9-5-2-6-10-13;1-5-16(6-2)10-13(17)15-14-11(3)8-7-9-12(14)4;1-2-16-13-5-11-9-3-8(6-14-7-9)10(11)4-12(13)15-1;9-7(16(10,11)12,17(13,14)15)5-6-3-1-2-4-8-6/h8-9,14H,5-7,10-13H2,1-4H3,(H,23,24,29);1-10,15H,11H2,(H2,16,17);7-9H,5-6,10H2,1-4H3,(H,15,17);1-2,4-5,8-9,14H,3,6-7H2;1-4,9H,5H2,(H2,10,11,12)(H2,13,14,15). The third-order valence-electron chi connectivity index (χ3n) is 17.6. The maximum absolute atomic E-state index is 13.3. The summed E-state index contributed by atoms with van der Waals surface area (Å²) in [6.07, 6.45) is 6.72. The van der Waals surface area contributed by atoms with Crippen LogP contribution in [0.25, 0.3) is 33.5 Å². The molecule has 102 heavy (non-hydrogen) atoms. The number of benzene rings is 5. The highest BCUT2D eigenvalue weighted by atomic mass is 32.2. The Balaban J connectivity index is 0.000000168. The van der Waals surface area contributed by atoms with E-state index in [0.29, 0.717) is 79.9 Å². The first-order valence-electron chi connectivity index (χ1n) is 33.5. The topological polar surface area (TPSA) is 392 Å². The lowest BCUT2D eigenvalue weighted by Crippen LogP contribution is -2.47. The molecule has 0 saturated carbocycles. The van der Waals surface area contributed by atoms with Gasteiger partial charge in [-0.2, -0.15) is 9.40 Å². The van der Waals surface area contributed by atoms with E-state index in [9.17, 15) is 41.2 Å². The van der Waals surface area contributed by atoms with Gasteiger partial charge in [0.2, 0.25) is 21.8 Å². The van der Waals surface area contributed by atoms with Crippen molar-refractivity contribution in [1.29, 1.82) is 0 Å². The van der Waals surface area contributed by atoms with E-state index in [2.05, 4.69) is 71.4 Å². The van der Waals surface area contributed by atoms with E-state index in [1.165, 1.54) is 50.9 Å². The third kappa shape index (κ3) is 20.0. The van der Waals surface area contributed by atoms with Gasteiger partial charge in [0.15, 0.2) is 5.52 Å². The van der Waals surface area contributed by atoms with Gasteiger partial charge in [-0.15, -0.1) is 0 Å². The number of amides is 2. The Hall–Kier alpha value is -8.12. The Labute approximate surface area is 596 Å². The minimum atomic E-state index is -5.42. The van der Waals surface area contributed by atoms with Crippen LogP contribution in [-0.4, -0.2) is 181 Å². The highest BCUT2D eigenvalue weighted by Crippen LogP contribution is 2.68. The maximum Gasteiger partial charge on any atom is 0.369 e. The van der Waals surface area contributed by atoms with Crippen molar-refractivity contribution in [3.05, 3.63) is 201 Å². The number of H-pyrrole nitrogens is 1. The van der Waals surface area contributed by atoms with Crippen molar-refractivity contribution in [3.63, 3.8) is 0 Å². The number of hydrogen-bond acceptors (Lipinski definition) is 18. The Morgan fingerprint density at radius 3 is 1.85 bits per heavy atom. The number of hydrogen-bond donors (Lipinski definition) is 9.